The highest BCUT2D eigenvalue weighted by Crippen LogP contribution is 2.24. The molecule has 0 radical (unpaired) electrons. The van der Waals surface area contributed by atoms with Crippen LogP contribution in [0.3, 0.4) is 0 Å². The summed E-state index contributed by atoms with van der Waals surface area (Å²) in [6.07, 6.45) is 1.34. The average Bonchev–Trinajstić information content (AvgIpc) is 2.31. The van der Waals surface area contributed by atoms with Crippen LogP contribution in [0.4, 0.5) is 11.5 Å². The van der Waals surface area contributed by atoms with Crippen molar-refractivity contribution >= 4 is 44.7 Å². The Morgan fingerprint density at radius 2 is 1.79 bits per heavy atom. The summed E-state index contributed by atoms with van der Waals surface area (Å²) in [7, 11) is -3.81. The van der Waals surface area contributed by atoms with Crippen molar-refractivity contribution in [2.24, 2.45) is 0 Å². The first-order chi connectivity index (χ1) is 8.88. The molecule has 0 bridgehead atoms. The number of aromatic nitrogens is 1. The van der Waals surface area contributed by atoms with Gasteiger partial charge in [0, 0.05) is 11.2 Å². The SMILES string of the molecule is Nc1cc(Cl)ccc1S(=O)(=O)Nc1ccc(Cl)cn1. The molecule has 2 aromatic rings. The van der Waals surface area contributed by atoms with E-state index in [-0.39, 0.29) is 16.4 Å². The first kappa shape index (κ1) is 13.9. The fraction of sp³-hybridized carbons (Fsp3) is 0. The minimum atomic E-state index is -3.81. The van der Waals surface area contributed by atoms with Gasteiger partial charge in [0.15, 0.2) is 0 Å². The number of benzene rings is 1. The first-order valence-electron chi connectivity index (χ1n) is 5.08. The van der Waals surface area contributed by atoms with Crippen LogP contribution in [0.15, 0.2) is 41.4 Å². The zero-order valence-corrected chi connectivity index (χ0v) is 11.8. The van der Waals surface area contributed by atoms with Crippen molar-refractivity contribution in [3.8, 4) is 0 Å². The van der Waals surface area contributed by atoms with Gasteiger partial charge >= 0.3 is 0 Å². The van der Waals surface area contributed by atoms with Crippen LogP contribution in [0.5, 0.6) is 0 Å². The van der Waals surface area contributed by atoms with E-state index in [0.29, 0.717) is 10.0 Å². The van der Waals surface area contributed by atoms with Gasteiger partial charge in [-0.2, -0.15) is 0 Å². The molecule has 2 rings (SSSR count). The molecular weight excluding hydrogens is 309 g/mol. The maximum absolute atomic E-state index is 12.1. The average molecular weight is 318 g/mol. The Labute approximate surface area is 120 Å². The van der Waals surface area contributed by atoms with Crippen molar-refractivity contribution in [3.63, 3.8) is 0 Å². The van der Waals surface area contributed by atoms with Crippen molar-refractivity contribution in [3.05, 3.63) is 46.6 Å². The third-order valence-corrected chi connectivity index (χ3v) is 4.12. The van der Waals surface area contributed by atoms with Crippen LogP contribution >= 0.6 is 23.2 Å². The van der Waals surface area contributed by atoms with E-state index in [4.69, 9.17) is 28.9 Å². The van der Waals surface area contributed by atoms with Gasteiger partial charge in [-0.1, -0.05) is 23.2 Å². The summed E-state index contributed by atoms with van der Waals surface area (Å²) in [5.41, 5.74) is 5.70. The Morgan fingerprint density at radius 3 is 2.37 bits per heavy atom. The topological polar surface area (TPSA) is 85.1 Å². The van der Waals surface area contributed by atoms with Crippen LogP contribution in [0.1, 0.15) is 0 Å². The number of halogens is 2. The van der Waals surface area contributed by atoms with Crippen LogP contribution in [0.2, 0.25) is 10.0 Å². The molecule has 1 aromatic carbocycles. The largest absolute Gasteiger partial charge is 0.398 e. The van der Waals surface area contributed by atoms with Gasteiger partial charge in [-0.3, -0.25) is 4.72 Å². The molecule has 8 heteroatoms. The molecule has 0 amide bonds. The highest BCUT2D eigenvalue weighted by atomic mass is 35.5. The third kappa shape index (κ3) is 3.28. The molecule has 0 aliphatic heterocycles. The highest BCUT2D eigenvalue weighted by Gasteiger charge is 2.18. The first-order valence-corrected chi connectivity index (χ1v) is 7.32. The fourth-order valence-corrected chi connectivity index (χ4v) is 2.81. The minimum Gasteiger partial charge on any atom is -0.398 e. The lowest BCUT2D eigenvalue weighted by Crippen LogP contribution is -2.15. The van der Waals surface area contributed by atoms with Crippen molar-refractivity contribution < 1.29 is 8.42 Å². The van der Waals surface area contributed by atoms with Crippen LogP contribution in [0.25, 0.3) is 0 Å². The van der Waals surface area contributed by atoms with Gasteiger partial charge in [0.1, 0.15) is 10.7 Å². The summed E-state index contributed by atoms with van der Waals surface area (Å²) in [6, 6.07) is 7.12. The van der Waals surface area contributed by atoms with Gasteiger partial charge in [0.2, 0.25) is 0 Å². The minimum absolute atomic E-state index is 0.0614. The molecule has 0 aliphatic rings. The van der Waals surface area contributed by atoms with Crippen molar-refractivity contribution in [2.75, 3.05) is 10.5 Å². The molecule has 0 saturated heterocycles. The van der Waals surface area contributed by atoms with Crippen molar-refractivity contribution in [1.29, 1.82) is 0 Å². The Hall–Kier alpha value is -1.50. The number of nitrogens with zero attached hydrogens (tertiary/aromatic N) is 1. The van der Waals surface area contributed by atoms with Gasteiger partial charge in [-0.15, -0.1) is 0 Å². The van der Waals surface area contributed by atoms with Gasteiger partial charge in [0.25, 0.3) is 10.0 Å². The lowest BCUT2D eigenvalue weighted by atomic mass is 10.3. The Bertz CT molecular complexity index is 702. The second kappa shape index (κ2) is 5.24. The number of nitrogens with one attached hydrogen (secondary N) is 1. The molecule has 100 valence electrons. The number of nitrogens with two attached hydrogens (primary N) is 1. The van der Waals surface area contributed by atoms with E-state index in [1.165, 1.54) is 36.5 Å². The standard InChI is InChI=1S/C11H9Cl2N3O2S/c12-7-1-3-10(9(14)5-7)19(17,18)16-11-4-2-8(13)6-15-11/h1-6H,14H2,(H,15,16). The van der Waals surface area contributed by atoms with Crippen LogP contribution in [-0.4, -0.2) is 13.4 Å². The van der Waals surface area contributed by atoms with Crippen LogP contribution in [0, 0.1) is 0 Å². The molecule has 19 heavy (non-hydrogen) atoms. The summed E-state index contributed by atoms with van der Waals surface area (Å²) in [4.78, 5) is 3.79. The summed E-state index contributed by atoms with van der Waals surface area (Å²) < 4.78 is 26.5. The summed E-state index contributed by atoms with van der Waals surface area (Å²) >= 11 is 11.4. The Balaban J connectivity index is 2.35. The highest BCUT2D eigenvalue weighted by molar-refractivity contribution is 7.92. The molecule has 0 spiro atoms. The van der Waals surface area contributed by atoms with E-state index in [1.807, 2.05) is 0 Å². The number of anilines is 2. The molecular formula is C11H9Cl2N3O2S. The van der Waals surface area contributed by atoms with Gasteiger partial charge in [-0.25, -0.2) is 13.4 Å². The number of rotatable bonds is 3. The fourth-order valence-electron chi connectivity index (χ4n) is 1.39. The van der Waals surface area contributed by atoms with E-state index in [2.05, 4.69) is 9.71 Å². The monoisotopic (exact) mass is 317 g/mol. The van der Waals surface area contributed by atoms with E-state index >= 15 is 0 Å². The predicted molar refractivity (Wildman–Crippen MR) is 75.9 cm³/mol. The van der Waals surface area contributed by atoms with E-state index in [1.54, 1.807) is 0 Å². The maximum atomic E-state index is 12.1. The lowest BCUT2D eigenvalue weighted by molar-refractivity contribution is 0.601. The molecule has 0 unspecified atom stereocenters. The quantitative estimate of drug-likeness (QED) is 0.852. The summed E-state index contributed by atoms with van der Waals surface area (Å²) in [6.45, 7) is 0. The third-order valence-electron chi connectivity index (χ3n) is 2.23. The smallest absolute Gasteiger partial charge is 0.265 e. The molecule has 0 fully saturated rings. The molecule has 0 atom stereocenters. The lowest BCUT2D eigenvalue weighted by Gasteiger charge is -2.09. The van der Waals surface area contributed by atoms with E-state index in [0.717, 1.165) is 0 Å². The zero-order chi connectivity index (χ0) is 14.0. The number of pyridine rings is 1. The molecule has 1 heterocycles. The van der Waals surface area contributed by atoms with Crippen LogP contribution in [-0.2, 0) is 10.0 Å². The zero-order valence-electron chi connectivity index (χ0n) is 9.47. The Morgan fingerprint density at radius 1 is 1.11 bits per heavy atom. The summed E-state index contributed by atoms with van der Waals surface area (Å²) in [5.74, 6) is 0.152. The molecule has 3 N–H and O–H groups in total. The maximum Gasteiger partial charge on any atom is 0.265 e. The number of hydrogen-bond donors (Lipinski definition) is 2. The second-order valence-corrected chi connectivity index (χ2v) is 6.17. The molecule has 0 aliphatic carbocycles. The molecule has 0 saturated carbocycles. The van der Waals surface area contributed by atoms with E-state index in [9.17, 15) is 8.42 Å². The van der Waals surface area contributed by atoms with Gasteiger partial charge < -0.3 is 5.73 Å². The van der Waals surface area contributed by atoms with Gasteiger partial charge in [0.05, 0.1) is 10.7 Å². The van der Waals surface area contributed by atoms with Crippen molar-refractivity contribution in [2.45, 2.75) is 4.90 Å². The number of hydrogen-bond acceptors (Lipinski definition) is 4. The van der Waals surface area contributed by atoms with Crippen LogP contribution < -0.4 is 10.5 Å². The molecule has 1 aromatic heterocycles. The Kier molecular flexibility index (Phi) is 3.84. The molecule has 5 nitrogen and oxygen atoms in total. The second-order valence-electron chi connectivity index (χ2n) is 3.65. The van der Waals surface area contributed by atoms with Crippen molar-refractivity contribution in [1.82, 2.24) is 4.98 Å². The normalized spacial score (nSPS) is 11.3. The number of nitrogen functional groups attached to an aromatic ring is 1. The van der Waals surface area contributed by atoms with E-state index < -0.39 is 10.0 Å². The van der Waals surface area contributed by atoms with Gasteiger partial charge in [-0.05, 0) is 30.3 Å². The number of sulfonamides is 1. The predicted octanol–water partition coefficient (Wildman–Crippen LogP) is 2.77. The summed E-state index contributed by atoms with van der Waals surface area (Å²) in [5, 5.41) is 0.773.